The molecule has 2 aromatic rings. The molecule has 0 unspecified atom stereocenters. The van der Waals surface area contributed by atoms with E-state index in [1.54, 1.807) is 18.3 Å². The molecule has 0 saturated heterocycles. The van der Waals surface area contributed by atoms with Gasteiger partial charge >= 0.3 is 0 Å². The number of aromatic nitrogens is 1. The first kappa shape index (κ1) is 14.4. The zero-order valence-corrected chi connectivity index (χ0v) is 11.7. The molecule has 1 aromatic heterocycles. The summed E-state index contributed by atoms with van der Waals surface area (Å²) in [6, 6.07) is 12.8. The van der Waals surface area contributed by atoms with E-state index in [1.165, 1.54) is 0 Å². The van der Waals surface area contributed by atoms with Crippen LogP contribution in [0.4, 0.5) is 0 Å². The Bertz CT molecular complexity index is 625. The number of carbonyl (C=O) groups excluding carboxylic acids is 1. The molecular weight excluding hydrogens is 272 g/mol. The Balaban J connectivity index is 1.86. The Morgan fingerprint density at radius 1 is 1.25 bits per heavy atom. The maximum Gasteiger partial charge on any atom is 0.254 e. The highest BCUT2D eigenvalue weighted by Crippen LogP contribution is 2.14. The van der Waals surface area contributed by atoms with Gasteiger partial charge in [0.05, 0.1) is 11.7 Å². The van der Waals surface area contributed by atoms with Crippen LogP contribution in [0.3, 0.4) is 0 Å². The molecule has 1 amide bonds. The van der Waals surface area contributed by atoms with Gasteiger partial charge in [-0.15, -0.1) is 0 Å². The summed E-state index contributed by atoms with van der Waals surface area (Å²) in [7, 11) is 0. The SMILES string of the molecule is O=C(NCC[C@@H](O)c1ccccc1)c1ccc[nH]c1=S. The normalized spacial score (nSPS) is 11.8. The standard InChI is InChI=1S/C15H16N2O2S/c18-13(11-5-2-1-3-6-11)8-10-16-14(19)12-7-4-9-17-15(12)20/h1-7,9,13,18H,8,10H2,(H,16,19)(H,17,20)/t13-/m1/s1. The predicted octanol–water partition coefficient (Wildman–Crippen LogP) is 2.60. The Labute approximate surface area is 122 Å². The number of hydrogen-bond acceptors (Lipinski definition) is 3. The second-order valence-corrected chi connectivity index (χ2v) is 4.79. The van der Waals surface area contributed by atoms with Gasteiger partial charge in [0.25, 0.3) is 5.91 Å². The summed E-state index contributed by atoms with van der Waals surface area (Å²) in [5, 5.41) is 12.7. The summed E-state index contributed by atoms with van der Waals surface area (Å²) < 4.78 is 0.411. The molecule has 0 spiro atoms. The zero-order chi connectivity index (χ0) is 14.4. The van der Waals surface area contributed by atoms with E-state index >= 15 is 0 Å². The maximum atomic E-state index is 11.9. The molecule has 0 aliphatic heterocycles. The molecule has 0 saturated carbocycles. The van der Waals surface area contributed by atoms with Gasteiger partial charge in [0.1, 0.15) is 4.64 Å². The number of aliphatic hydroxyl groups is 1. The number of hydrogen-bond donors (Lipinski definition) is 3. The van der Waals surface area contributed by atoms with E-state index in [9.17, 15) is 9.90 Å². The van der Waals surface area contributed by atoms with Crippen LogP contribution >= 0.6 is 12.2 Å². The quantitative estimate of drug-likeness (QED) is 0.741. The molecular formula is C15H16N2O2S. The summed E-state index contributed by atoms with van der Waals surface area (Å²) >= 11 is 5.04. The van der Waals surface area contributed by atoms with Crippen molar-refractivity contribution in [1.82, 2.24) is 10.3 Å². The van der Waals surface area contributed by atoms with Crippen LogP contribution in [0, 0.1) is 4.64 Å². The second kappa shape index (κ2) is 6.98. The fraction of sp³-hybridized carbons (Fsp3) is 0.200. The lowest BCUT2D eigenvalue weighted by Gasteiger charge is -2.11. The number of aromatic amines is 1. The topological polar surface area (TPSA) is 65.1 Å². The lowest BCUT2D eigenvalue weighted by Crippen LogP contribution is -2.26. The van der Waals surface area contributed by atoms with E-state index in [2.05, 4.69) is 10.3 Å². The first-order valence-electron chi connectivity index (χ1n) is 6.37. The highest BCUT2D eigenvalue weighted by atomic mass is 32.1. The van der Waals surface area contributed by atoms with Crippen LogP contribution in [0.1, 0.15) is 28.4 Å². The molecule has 3 N–H and O–H groups in total. The van der Waals surface area contributed by atoms with Gasteiger partial charge in [-0.25, -0.2) is 0 Å². The summed E-state index contributed by atoms with van der Waals surface area (Å²) in [6.07, 6.45) is 1.55. The summed E-state index contributed by atoms with van der Waals surface area (Å²) in [4.78, 5) is 14.7. The van der Waals surface area contributed by atoms with Crippen LogP contribution in [-0.2, 0) is 0 Å². The molecule has 0 radical (unpaired) electrons. The van der Waals surface area contributed by atoms with Crippen LogP contribution < -0.4 is 5.32 Å². The van der Waals surface area contributed by atoms with Crippen molar-refractivity contribution in [2.45, 2.75) is 12.5 Å². The molecule has 1 atom stereocenters. The number of carbonyl (C=O) groups is 1. The van der Waals surface area contributed by atoms with Crippen LogP contribution in [0.2, 0.25) is 0 Å². The molecule has 0 bridgehead atoms. The van der Waals surface area contributed by atoms with Gasteiger partial charge in [-0.2, -0.15) is 0 Å². The van der Waals surface area contributed by atoms with Gasteiger partial charge in [0, 0.05) is 12.7 Å². The fourth-order valence-electron chi connectivity index (χ4n) is 1.86. The van der Waals surface area contributed by atoms with E-state index in [0.29, 0.717) is 23.2 Å². The summed E-state index contributed by atoms with van der Waals surface area (Å²) in [5.74, 6) is -0.230. The summed E-state index contributed by atoms with van der Waals surface area (Å²) in [5.41, 5.74) is 1.29. The number of nitrogens with one attached hydrogen (secondary N) is 2. The molecule has 1 heterocycles. The average Bonchev–Trinajstić information content (AvgIpc) is 2.48. The van der Waals surface area contributed by atoms with Crippen molar-refractivity contribution >= 4 is 18.1 Å². The van der Waals surface area contributed by atoms with Crippen molar-refractivity contribution in [3.05, 3.63) is 64.4 Å². The van der Waals surface area contributed by atoms with Crippen LogP contribution in [0.15, 0.2) is 48.7 Å². The molecule has 20 heavy (non-hydrogen) atoms. The molecule has 0 aliphatic rings. The Morgan fingerprint density at radius 3 is 2.70 bits per heavy atom. The maximum absolute atomic E-state index is 11.9. The Hall–Kier alpha value is -1.98. The largest absolute Gasteiger partial charge is 0.388 e. The van der Waals surface area contributed by atoms with Gasteiger partial charge < -0.3 is 15.4 Å². The number of pyridine rings is 1. The van der Waals surface area contributed by atoms with E-state index in [4.69, 9.17) is 12.2 Å². The number of H-pyrrole nitrogens is 1. The molecule has 5 heteroatoms. The minimum absolute atomic E-state index is 0.230. The van der Waals surface area contributed by atoms with Crippen LogP contribution in [0.25, 0.3) is 0 Å². The molecule has 104 valence electrons. The first-order valence-corrected chi connectivity index (χ1v) is 6.78. The van der Waals surface area contributed by atoms with Gasteiger partial charge in [-0.1, -0.05) is 42.5 Å². The number of benzene rings is 1. The van der Waals surface area contributed by atoms with Gasteiger partial charge in [0.15, 0.2) is 0 Å². The number of aliphatic hydroxyl groups excluding tert-OH is 1. The Kier molecular flexibility index (Phi) is 5.03. The molecule has 0 aliphatic carbocycles. The Morgan fingerprint density at radius 2 is 2.00 bits per heavy atom. The third kappa shape index (κ3) is 3.76. The van der Waals surface area contributed by atoms with E-state index in [-0.39, 0.29) is 5.91 Å². The molecule has 4 nitrogen and oxygen atoms in total. The van der Waals surface area contributed by atoms with Crippen LogP contribution in [-0.4, -0.2) is 22.5 Å². The van der Waals surface area contributed by atoms with Gasteiger partial charge in [0.2, 0.25) is 0 Å². The lowest BCUT2D eigenvalue weighted by molar-refractivity contribution is 0.0942. The van der Waals surface area contributed by atoms with Gasteiger partial charge in [-0.05, 0) is 24.1 Å². The summed E-state index contributed by atoms with van der Waals surface area (Å²) in [6.45, 7) is 0.387. The molecule has 1 aromatic carbocycles. The van der Waals surface area contributed by atoms with Crippen molar-refractivity contribution in [3.8, 4) is 0 Å². The minimum Gasteiger partial charge on any atom is -0.388 e. The fourth-order valence-corrected chi connectivity index (χ4v) is 2.09. The van der Waals surface area contributed by atoms with Crippen molar-refractivity contribution < 1.29 is 9.90 Å². The third-order valence-electron chi connectivity index (χ3n) is 2.95. The second-order valence-electron chi connectivity index (χ2n) is 4.38. The van der Waals surface area contributed by atoms with E-state index in [0.717, 1.165) is 5.56 Å². The predicted molar refractivity (Wildman–Crippen MR) is 80.0 cm³/mol. The monoisotopic (exact) mass is 288 g/mol. The zero-order valence-electron chi connectivity index (χ0n) is 10.9. The smallest absolute Gasteiger partial charge is 0.254 e. The third-order valence-corrected chi connectivity index (χ3v) is 3.29. The van der Waals surface area contributed by atoms with Crippen molar-refractivity contribution in [2.24, 2.45) is 0 Å². The highest BCUT2D eigenvalue weighted by molar-refractivity contribution is 7.71. The molecule has 0 fully saturated rings. The first-order chi connectivity index (χ1) is 9.68. The number of rotatable bonds is 5. The van der Waals surface area contributed by atoms with Gasteiger partial charge in [-0.3, -0.25) is 4.79 Å². The minimum atomic E-state index is -0.582. The van der Waals surface area contributed by atoms with Crippen LogP contribution in [0.5, 0.6) is 0 Å². The molecule has 2 rings (SSSR count). The van der Waals surface area contributed by atoms with E-state index in [1.807, 2.05) is 30.3 Å². The van der Waals surface area contributed by atoms with Crippen molar-refractivity contribution in [1.29, 1.82) is 0 Å². The highest BCUT2D eigenvalue weighted by Gasteiger charge is 2.09. The lowest BCUT2D eigenvalue weighted by atomic mass is 10.1. The van der Waals surface area contributed by atoms with E-state index < -0.39 is 6.10 Å². The number of amides is 1. The average molecular weight is 288 g/mol. The van der Waals surface area contributed by atoms with Crippen molar-refractivity contribution in [2.75, 3.05) is 6.54 Å². The van der Waals surface area contributed by atoms with Crippen molar-refractivity contribution in [3.63, 3.8) is 0 Å².